The third-order valence-electron chi connectivity index (χ3n) is 3.91. The van der Waals surface area contributed by atoms with Gasteiger partial charge in [0.05, 0.1) is 17.2 Å². The number of aromatic nitrogens is 2. The number of halogens is 2. The van der Waals surface area contributed by atoms with Crippen molar-refractivity contribution in [1.82, 2.24) is 15.3 Å². The minimum Gasteiger partial charge on any atom is -0.352 e. The maximum atomic E-state index is 13.3. The predicted molar refractivity (Wildman–Crippen MR) is 78.3 cm³/mol. The molecule has 112 valence electrons. The third-order valence-corrected chi connectivity index (χ3v) is 3.91. The summed E-state index contributed by atoms with van der Waals surface area (Å²) < 4.78 is 26.5. The highest BCUT2D eigenvalue weighted by Gasteiger charge is 2.23. The fourth-order valence-corrected chi connectivity index (χ4v) is 2.58. The molecule has 3 rings (SSSR count). The molecule has 0 bridgehead atoms. The molecule has 21 heavy (non-hydrogen) atoms. The molecule has 0 saturated carbocycles. The van der Waals surface area contributed by atoms with E-state index in [4.69, 9.17) is 0 Å². The standard InChI is InChI=1S/C15H18F2N4/c1-9(2)14-8-21(4-3-18-14)15-7-19-12-5-10(16)11(17)6-13(12)20-15/h5-7,9,14,18H,3-4,8H2,1-2H3. The average Bonchev–Trinajstić information content (AvgIpc) is 2.48. The first-order valence-corrected chi connectivity index (χ1v) is 7.14. The van der Waals surface area contributed by atoms with Crippen LogP contribution < -0.4 is 10.2 Å². The summed E-state index contributed by atoms with van der Waals surface area (Å²) in [6, 6.07) is 2.57. The highest BCUT2D eigenvalue weighted by atomic mass is 19.2. The lowest BCUT2D eigenvalue weighted by Crippen LogP contribution is -2.53. The van der Waals surface area contributed by atoms with Crippen LogP contribution in [0.3, 0.4) is 0 Å². The quantitative estimate of drug-likeness (QED) is 0.922. The van der Waals surface area contributed by atoms with Crippen molar-refractivity contribution in [3.63, 3.8) is 0 Å². The number of fused-ring (bicyclic) bond motifs is 1. The Kier molecular flexibility index (Phi) is 3.71. The van der Waals surface area contributed by atoms with Gasteiger partial charge in [-0.3, -0.25) is 4.98 Å². The van der Waals surface area contributed by atoms with E-state index in [1.165, 1.54) is 0 Å². The van der Waals surface area contributed by atoms with Gasteiger partial charge >= 0.3 is 0 Å². The van der Waals surface area contributed by atoms with Crippen molar-refractivity contribution in [2.24, 2.45) is 5.92 Å². The van der Waals surface area contributed by atoms with Crippen molar-refractivity contribution in [2.45, 2.75) is 19.9 Å². The van der Waals surface area contributed by atoms with Gasteiger partial charge in [-0.2, -0.15) is 0 Å². The topological polar surface area (TPSA) is 41.1 Å². The van der Waals surface area contributed by atoms with Gasteiger partial charge in [0.2, 0.25) is 0 Å². The van der Waals surface area contributed by atoms with E-state index in [0.717, 1.165) is 31.8 Å². The van der Waals surface area contributed by atoms with Gasteiger partial charge in [-0.05, 0) is 5.92 Å². The van der Waals surface area contributed by atoms with Crippen LogP contribution in [0, 0.1) is 17.6 Å². The van der Waals surface area contributed by atoms with Crippen molar-refractivity contribution >= 4 is 16.9 Å². The predicted octanol–water partition coefficient (Wildman–Crippen LogP) is 2.34. The average molecular weight is 292 g/mol. The molecular formula is C15H18F2N4. The van der Waals surface area contributed by atoms with Crippen molar-refractivity contribution in [1.29, 1.82) is 0 Å². The number of rotatable bonds is 2. The summed E-state index contributed by atoms with van der Waals surface area (Å²) in [6.45, 7) is 6.88. The first kappa shape index (κ1) is 14.1. The number of anilines is 1. The molecule has 1 aromatic carbocycles. The van der Waals surface area contributed by atoms with Gasteiger partial charge < -0.3 is 10.2 Å². The summed E-state index contributed by atoms with van der Waals surface area (Å²) in [6.07, 6.45) is 1.63. The molecule has 0 spiro atoms. The minimum atomic E-state index is -0.897. The van der Waals surface area contributed by atoms with Crippen LogP contribution in [0.1, 0.15) is 13.8 Å². The molecule has 0 amide bonds. The van der Waals surface area contributed by atoms with Crippen LogP contribution >= 0.6 is 0 Å². The lowest BCUT2D eigenvalue weighted by atomic mass is 10.0. The second-order valence-electron chi connectivity index (χ2n) is 5.73. The van der Waals surface area contributed by atoms with Crippen molar-refractivity contribution < 1.29 is 8.78 Å². The monoisotopic (exact) mass is 292 g/mol. The fourth-order valence-electron chi connectivity index (χ4n) is 2.58. The summed E-state index contributed by atoms with van der Waals surface area (Å²) in [5.41, 5.74) is 0.749. The summed E-state index contributed by atoms with van der Waals surface area (Å²) in [7, 11) is 0. The van der Waals surface area contributed by atoms with E-state index in [9.17, 15) is 8.78 Å². The molecule has 2 aromatic rings. The Morgan fingerprint density at radius 1 is 1.24 bits per heavy atom. The molecular weight excluding hydrogens is 274 g/mol. The zero-order valence-corrected chi connectivity index (χ0v) is 12.1. The summed E-state index contributed by atoms with van der Waals surface area (Å²) in [5, 5.41) is 3.47. The zero-order valence-electron chi connectivity index (χ0n) is 12.1. The molecule has 4 nitrogen and oxygen atoms in total. The number of nitrogens with zero attached hydrogens (tertiary/aromatic N) is 3. The van der Waals surface area contributed by atoms with E-state index in [1.807, 2.05) is 0 Å². The number of hydrogen-bond acceptors (Lipinski definition) is 4. The van der Waals surface area contributed by atoms with Gasteiger partial charge in [0.25, 0.3) is 0 Å². The van der Waals surface area contributed by atoms with Crippen molar-refractivity contribution in [3.05, 3.63) is 30.0 Å². The third kappa shape index (κ3) is 2.81. The normalized spacial score (nSPS) is 19.5. The number of hydrogen-bond donors (Lipinski definition) is 1. The van der Waals surface area contributed by atoms with E-state index >= 15 is 0 Å². The summed E-state index contributed by atoms with van der Waals surface area (Å²) >= 11 is 0. The fraction of sp³-hybridized carbons (Fsp3) is 0.467. The number of piperazine rings is 1. The Labute approximate surface area is 122 Å². The van der Waals surface area contributed by atoms with Gasteiger partial charge in [0.15, 0.2) is 11.6 Å². The molecule has 1 aromatic heterocycles. The van der Waals surface area contributed by atoms with Crippen LogP contribution in [-0.4, -0.2) is 35.6 Å². The first-order valence-electron chi connectivity index (χ1n) is 7.14. The lowest BCUT2D eigenvalue weighted by molar-refractivity contribution is 0.367. The van der Waals surface area contributed by atoms with E-state index in [0.29, 0.717) is 28.8 Å². The van der Waals surface area contributed by atoms with Gasteiger partial charge in [0, 0.05) is 37.8 Å². The molecule has 6 heteroatoms. The van der Waals surface area contributed by atoms with Gasteiger partial charge in [0.1, 0.15) is 5.82 Å². The maximum absolute atomic E-state index is 13.3. The number of nitrogens with one attached hydrogen (secondary N) is 1. The molecule has 1 unspecified atom stereocenters. The molecule has 1 fully saturated rings. The highest BCUT2D eigenvalue weighted by molar-refractivity contribution is 5.75. The minimum absolute atomic E-state index is 0.369. The molecule has 1 saturated heterocycles. The van der Waals surface area contributed by atoms with Crippen LogP contribution in [0.4, 0.5) is 14.6 Å². The second kappa shape index (κ2) is 5.52. The molecule has 0 aliphatic carbocycles. The molecule has 1 aliphatic heterocycles. The summed E-state index contributed by atoms with van der Waals surface area (Å²) in [4.78, 5) is 10.8. The molecule has 1 N–H and O–H groups in total. The Morgan fingerprint density at radius 3 is 2.67 bits per heavy atom. The maximum Gasteiger partial charge on any atom is 0.161 e. The van der Waals surface area contributed by atoms with Crippen LogP contribution in [-0.2, 0) is 0 Å². The SMILES string of the molecule is CC(C)C1CN(c2cnc3cc(F)c(F)cc3n2)CCN1. The summed E-state index contributed by atoms with van der Waals surface area (Å²) in [5.74, 6) is -0.561. The lowest BCUT2D eigenvalue weighted by Gasteiger charge is -2.36. The Bertz CT molecular complexity index is 659. The van der Waals surface area contributed by atoms with Crippen LogP contribution in [0.25, 0.3) is 11.0 Å². The largest absolute Gasteiger partial charge is 0.352 e. The van der Waals surface area contributed by atoms with Crippen LogP contribution in [0.15, 0.2) is 18.3 Å². The van der Waals surface area contributed by atoms with E-state index in [2.05, 4.69) is 34.0 Å². The smallest absolute Gasteiger partial charge is 0.161 e. The number of benzene rings is 1. The van der Waals surface area contributed by atoms with E-state index in [-0.39, 0.29) is 0 Å². The van der Waals surface area contributed by atoms with Crippen molar-refractivity contribution in [2.75, 3.05) is 24.5 Å². The van der Waals surface area contributed by atoms with Gasteiger partial charge in [-0.1, -0.05) is 13.8 Å². The van der Waals surface area contributed by atoms with E-state index in [1.54, 1.807) is 6.20 Å². The van der Waals surface area contributed by atoms with Crippen molar-refractivity contribution in [3.8, 4) is 0 Å². The van der Waals surface area contributed by atoms with Crippen LogP contribution in [0.5, 0.6) is 0 Å². The van der Waals surface area contributed by atoms with Gasteiger partial charge in [-0.15, -0.1) is 0 Å². The van der Waals surface area contributed by atoms with Gasteiger partial charge in [-0.25, -0.2) is 13.8 Å². The molecule has 1 atom stereocenters. The Morgan fingerprint density at radius 2 is 1.95 bits per heavy atom. The molecule has 2 heterocycles. The highest BCUT2D eigenvalue weighted by Crippen LogP contribution is 2.20. The van der Waals surface area contributed by atoms with Crippen LogP contribution in [0.2, 0.25) is 0 Å². The first-order chi connectivity index (χ1) is 10.0. The van der Waals surface area contributed by atoms with E-state index < -0.39 is 11.6 Å². The molecule has 0 radical (unpaired) electrons. The Balaban J connectivity index is 1.91. The zero-order chi connectivity index (χ0) is 15.0. The molecule has 1 aliphatic rings. The Hall–Kier alpha value is -1.82. The second-order valence-corrected chi connectivity index (χ2v) is 5.73.